The number of nitrogens with zero attached hydrogens (tertiary/aromatic N) is 2. The van der Waals surface area contributed by atoms with Crippen LogP contribution in [0.3, 0.4) is 0 Å². The average Bonchev–Trinajstić information content (AvgIpc) is 2.26. The smallest absolute Gasteiger partial charge is 0.240 e. The van der Waals surface area contributed by atoms with Crippen molar-refractivity contribution in [2.45, 2.75) is 44.0 Å². The number of halogens is 1. The fourth-order valence-corrected chi connectivity index (χ4v) is 2.43. The zero-order valence-corrected chi connectivity index (χ0v) is 11.3. The second kappa shape index (κ2) is 6.45. The van der Waals surface area contributed by atoms with Gasteiger partial charge in [-0.3, -0.25) is 4.79 Å². The van der Waals surface area contributed by atoms with Gasteiger partial charge in [0.15, 0.2) is 0 Å². The van der Waals surface area contributed by atoms with Gasteiger partial charge >= 0.3 is 0 Å². The Kier molecular flexibility index (Phi) is 5.56. The number of piperidine rings is 1. The Hall–Kier alpha value is -0.280. The van der Waals surface area contributed by atoms with Crippen LogP contribution in [0.25, 0.3) is 0 Å². The van der Waals surface area contributed by atoms with E-state index < -0.39 is 5.38 Å². The van der Waals surface area contributed by atoms with Crippen LogP contribution >= 0.6 is 11.6 Å². The normalized spacial score (nSPS) is 24.1. The van der Waals surface area contributed by atoms with Gasteiger partial charge in [0.2, 0.25) is 5.91 Å². The predicted octanol–water partition coefficient (Wildman–Crippen LogP) is 1.95. The maximum absolute atomic E-state index is 11.6. The van der Waals surface area contributed by atoms with Crippen LogP contribution in [0, 0.1) is 0 Å². The standard InChI is InChI=1S/C12H23ClN2O/c1-10(13)12(16)15(3)9-7-11-6-4-5-8-14(11)2/h10-11H,4-9H2,1-3H3. The van der Waals surface area contributed by atoms with Crippen molar-refractivity contribution >= 4 is 17.5 Å². The SMILES string of the molecule is CC(Cl)C(=O)N(C)CCC1CCCCN1C. The Morgan fingerprint density at radius 2 is 2.25 bits per heavy atom. The molecule has 1 aliphatic heterocycles. The molecule has 0 saturated carbocycles. The van der Waals surface area contributed by atoms with Crippen molar-refractivity contribution in [3.63, 3.8) is 0 Å². The molecule has 0 aliphatic carbocycles. The lowest BCUT2D eigenvalue weighted by molar-refractivity contribution is -0.129. The molecular formula is C12H23ClN2O. The van der Waals surface area contributed by atoms with E-state index in [1.54, 1.807) is 11.8 Å². The summed E-state index contributed by atoms with van der Waals surface area (Å²) in [6, 6.07) is 0.634. The molecule has 0 aromatic heterocycles. The zero-order chi connectivity index (χ0) is 12.1. The Morgan fingerprint density at radius 3 is 2.81 bits per heavy atom. The highest BCUT2D eigenvalue weighted by Crippen LogP contribution is 2.18. The Bertz CT molecular complexity index is 233. The van der Waals surface area contributed by atoms with E-state index in [1.165, 1.54) is 25.8 Å². The monoisotopic (exact) mass is 246 g/mol. The molecule has 1 aliphatic rings. The van der Waals surface area contributed by atoms with Gasteiger partial charge < -0.3 is 9.80 Å². The van der Waals surface area contributed by atoms with Gasteiger partial charge in [0, 0.05) is 19.6 Å². The summed E-state index contributed by atoms with van der Waals surface area (Å²) < 4.78 is 0. The molecule has 1 heterocycles. The summed E-state index contributed by atoms with van der Waals surface area (Å²) >= 11 is 5.77. The number of rotatable bonds is 4. The van der Waals surface area contributed by atoms with Gasteiger partial charge in [0.05, 0.1) is 0 Å². The predicted molar refractivity (Wildman–Crippen MR) is 67.8 cm³/mol. The van der Waals surface area contributed by atoms with Crippen molar-refractivity contribution < 1.29 is 4.79 Å². The van der Waals surface area contributed by atoms with E-state index in [9.17, 15) is 4.79 Å². The first kappa shape index (κ1) is 13.8. The van der Waals surface area contributed by atoms with E-state index in [0.717, 1.165) is 13.0 Å². The third-order valence-electron chi connectivity index (χ3n) is 3.44. The van der Waals surface area contributed by atoms with Crippen LogP contribution in [0.4, 0.5) is 0 Å². The Morgan fingerprint density at radius 1 is 1.56 bits per heavy atom. The first-order valence-corrected chi connectivity index (χ1v) is 6.55. The van der Waals surface area contributed by atoms with Gasteiger partial charge in [-0.15, -0.1) is 11.6 Å². The molecule has 0 spiro atoms. The fraction of sp³-hybridized carbons (Fsp3) is 0.917. The summed E-state index contributed by atoms with van der Waals surface area (Å²) in [5.74, 6) is 0.0279. The summed E-state index contributed by atoms with van der Waals surface area (Å²) in [6.45, 7) is 3.73. The summed E-state index contributed by atoms with van der Waals surface area (Å²) in [5, 5.41) is -0.408. The van der Waals surface area contributed by atoms with Crippen molar-refractivity contribution in [3.05, 3.63) is 0 Å². The van der Waals surface area contributed by atoms with Crippen molar-refractivity contribution in [2.75, 3.05) is 27.2 Å². The number of carbonyl (C=O) groups is 1. The molecule has 0 N–H and O–H groups in total. The molecule has 0 radical (unpaired) electrons. The molecule has 1 saturated heterocycles. The average molecular weight is 247 g/mol. The lowest BCUT2D eigenvalue weighted by atomic mass is 10.00. The highest BCUT2D eigenvalue weighted by Gasteiger charge is 2.21. The summed E-state index contributed by atoms with van der Waals surface area (Å²) in [5.41, 5.74) is 0. The Labute approximate surface area is 104 Å². The maximum atomic E-state index is 11.6. The number of carbonyl (C=O) groups excluding carboxylic acids is 1. The molecule has 4 heteroatoms. The van der Waals surface area contributed by atoms with E-state index in [4.69, 9.17) is 11.6 Å². The number of amides is 1. The van der Waals surface area contributed by atoms with Crippen LogP contribution in [0.2, 0.25) is 0 Å². The third kappa shape index (κ3) is 3.95. The molecule has 0 bridgehead atoms. The van der Waals surface area contributed by atoms with E-state index >= 15 is 0 Å². The second-order valence-corrected chi connectivity index (χ2v) is 5.45. The van der Waals surface area contributed by atoms with Gasteiger partial charge in [-0.25, -0.2) is 0 Å². The largest absolute Gasteiger partial charge is 0.344 e. The lowest BCUT2D eigenvalue weighted by Gasteiger charge is -2.33. The number of alkyl halides is 1. The zero-order valence-electron chi connectivity index (χ0n) is 10.6. The molecule has 0 aromatic rings. The molecule has 94 valence electrons. The van der Waals surface area contributed by atoms with Crippen LogP contribution < -0.4 is 0 Å². The van der Waals surface area contributed by atoms with Crippen molar-refractivity contribution in [2.24, 2.45) is 0 Å². The molecule has 3 nitrogen and oxygen atoms in total. The lowest BCUT2D eigenvalue weighted by Crippen LogP contribution is -2.40. The maximum Gasteiger partial charge on any atom is 0.240 e. The molecule has 16 heavy (non-hydrogen) atoms. The molecule has 1 rings (SSSR count). The minimum atomic E-state index is -0.408. The van der Waals surface area contributed by atoms with Gasteiger partial charge in [-0.1, -0.05) is 6.42 Å². The molecule has 1 amide bonds. The van der Waals surface area contributed by atoms with Gasteiger partial charge in [-0.05, 0) is 39.8 Å². The molecular weight excluding hydrogens is 224 g/mol. The highest BCUT2D eigenvalue weighted by molar-refractivity contribution is 6.30. The molecule has 2 unspecified atom stereocenters. The number of hydrogen-bond donors (Lipinski definition) is 0. The summed E-state index contributed by atoms with van der Waals surface area (Å²) in [7, 11) is 4.01. The van der Waals surface area contributed by atoms with Gasteiger partial charge in [-0.2, -0.15) is 0 Å². The molecule has 1 fully saturated rings. The van der Waals surface area contributed by atoms with Gasteiger partial charge in [0.25, 0.3) is 0 Å². The van der Waals surface area contributed by atoms with E-state index in [2.05, 4.69) is 11.9 Å². The summed E-state index contributed by atoms with van der Waals surface area (Å²) in [6.07, 6.45) is 4.94. The first-order valence-electron chi connectivity index (χ1n) is 6.11. The van der Waals surface area contributed by atoms with Crippen LogP contribution in [0.1, 0.15) is 32.6 Å². The number of likely N-dealkylation sites (tertiary alicyclic amines) is 1. The van der Waals surface area contributed by atoms with Crippen molar-refractivity contribution in [1.29, 1.82) is 0 Å². The summed E-state index contributed by atoms with van der Waals surface area (Å²) in [4.78, 5) is 15.7. The fourth-order valence-electron chi connectivity index (χ4n) is 2.27. The van der Waals surface area contributed by atoms with Crippen molar-refractivity contribution in [1.82, 2.24) is 9.80 Å². The minimum Gasteiger partial charge on any atom is -0.344 e. The van der Waals surface area contributed by atoms with Crippen LogP contribution in [-0.4, -0.2) is 54.3 Å². The van der Waals surface area contributed by atoms with Crippen molar-refractivity contribution in [3.8, 4) is 0 Å². The first-order chi connectivity index (χ1) is 7.52. The number of hydrogen-bond acceptors (Lipinski definition) is 2. The third-order valence-corrected chi connectivity index (χ3v) is 3.62. The molecule has 0 aromatic carbocycles. The highest BCUT2D eigenvalue weighted by atomic mass is 35.5. The van der Waals surface area contributed by atoms with Crippen LogP contribution in [0.5, 0.6) is 0 Å². The second-order valence-electron chi connectivity index (χ2n) is 4.79. The topological polar surface area (TPSA) is 23.6 Å². The molecule has 2 atom stereocenters. The minimum absolute atomic E-state index is 0.0279. The van der Waals surface area contributed by atoms with E-state index in [1.807, 2.05) is 7.05 Å². The quantitative estimate of drug-likeness (QED) is 0.708. The van der Waals surface area contributed by atoms with Crippen LogP contribution in [0.15, 0.2) is 0 Å². The van der Waals surface area contributed by atoms with E-state index in [-0.39, 0.29) is 5.91 Å². The van der Waals surface area contributed by atoms with Gasteiger partial charge in [0.1, 0.15) is 5.38 Å². The van der Waals surface area contributed by atoms with E-state index in [0.29, 0.717) is 6.04 Å². The Balaban J connectivity index is 2.30. The van der Waals surface area contributed by atoms with Crippen LogP contribution in [-0.2, 0) is 4.79 Å².